The lowest BCUT2D eigenvalue weighted by atomic mass is 9.77. The number of quaternary nitrogens is 1. The summed E-state index contributed by atoms with van der Waals surface area (Å²) < 4.78 is 10.6. The van der Waals surface area contributed by atoms with Gasteiger partial charge in [-0.3, -0.25) is 14.5 Å². The van der Waals surface area contributed by atoms with Crippen LogP contribution in [-0.4, -0.2) is 61.5 Å². The molecule has 2 aliphatic heterocycles. The van der Waals surface area contributed by atoms with E-state index in [0.29, 0.717) is 17.9 Å². The maximum Gasteiger partial charge on any atom is 0.368 e. The number of ether oxygens (including phenoxy) is 2. The molecule has 146 valence electrons. The molecular formula is C19H25N2O5S+. The third-order valence-corrected chi connectivity index (χ3v) is 6.39. The van der Waals surface area contributed by atoms with Crippen molar-refractivity contribution < 1.29 is 29.2 Å². The molecule has 2 amide bonds. The average Bonchev–Trinajstić information content (AvgIpc) is 3.15. The number of hydrogen-bond acceptors (Lipinski definition) is 6. The fourth-order valence-electron chi connectivity index (χ4n) is 4.49. The summed E-state index contributed by atoms with van der Waals surface area (Å²) in [5.41, 5.74) is -0.313. The molecule has 0 aromatic heterocycles. The van der Waals surface area contributed by atoms with Crippen molar-refractivity contribution in [2.45, 2.75) is 18.0 Å². The second-order valence-electron chi connectivity index (χ2n) is 6.95. The van der Waals surface area contributed by atoms with Crippen molar-refractivity contribution in [3.63, 3.8) is 0 Å². The van der Waals surface area contributed by atoms with Crippen LogP contribution in [-0.2, 0) is 19.1 Å². The molecule has 0 unspecified atom stereocenters. The largest absolute Gasteiger partial charge is 0.496 e. The highest BCUT2D eigenvalue weighted by atomic mass is 32.2. The molecular weight excluding hydrogens is 368 g/mol. The monoisotopic (exact) mass is 393 g/mol. The highest BCUT2D eigenvalue weighted by Gasteiger charge is 2.71. The van der Waals surface area contributed by atoms with Crippen LogP contribution in [0.4, 0.5) is 0 Å². The first-order chi connectivity index (χ1) is 12.9. The number of fused-ring (bicyclic) bond motifs is 1. The number of esters is 1. The molecule has 2 fully saturated rings. The van der Waals surface area contributed by atoms with Crippen molar-refractivity contribution in [2.24, 2.45) is 11.8 Å². The van der Waals surface area contributed by atoms with E-state index in [2.05, 4.69) is 0 Å². The van der Waals surface area contributed by atoms with E-state index in [-0.39, 0.29) is 11.8 Å². The molecule has 7 nitrogen and oxygen atoms in total. The Morgan fingerprint density at radius 3 is 2.59 bits per heavy atom. The number of likely N-dealkylation sites (tertiary alicyclic amines) is 1. The van der Waals surface area contributed by atoms with Crippen molar-refractivity contribution in [1.82, 2.24) is 4.90 Å². The minimum Gasteiger partial charge on any atom is -0.496 e. The summed E-state index contributed by atoms with van der Waals surface area (Å²) in [6.07, 6.45) is 2.39. The van der Waals surface area contributed by atoms with E-state index >= 15 is 0 Å². The molecule has 0 bridgehead atoms. The molecule has 0 radical (unpaired) electrons. The fourth-order valence-corrected chi connectivity index (χ4v) is 5.03. The number of benzene rings is 1. The zero-order valence-corrected chi connectivity index (χ0v) is 16.7. The first-order valence-electron chi connectivity index (χ1n) is 8.80. The third kappa shape index (κ3) is 2.91. The van der Waals surface area contributed by atoms with E-state index in [9.17, 15) is 14.4 Å². The lowest BCUT2D eigenvalue weighted by Crippen LogP contribution is -2.98. The van der Waals surface area contributed by atoms with Crippen LogP contribution < -0.4 is 10.1 Å². The number of carbonyl (C=O) groups is 3. The van der Waals surface area contributed by atoms with Gasteiger partial charge in [-0.25, -0.2) is 4.79 Å². The lowest BCUT2D eigenvalue weighted by Gasteiger charge is -2.28. The summed E-state index contributed by atoms with van der Waals surface area (Å²) in [6, 6.07) is 7.03. The van der Waals surface area contributed by atoms with Crippen molar-refractivity contribution in [3.05, 3.63) is 29.8 Å². The summed E-state index contributed by atoms with van der Waals surface area (Å²) >= 11 is 1.59. The summed E-state index contributed by atoms with van der Waals surface area (Å²) in [4.78, 5) is 40.0. The standard InChI is InChI=1S/C19H24N2O5S/c1-21-16(22)13-14(17(21)23)19(9-10-27-4,18(24)26-3)20-15(13)11-7-5-6-8-12(11)25-2/h5-8,13-15,20H,9-10H2,1-4H3/p+1/t13-,14+,15+,19-/m1/s1. The molecule has 2 N–H and O–H groups in total. The Bertz CT molecular complexity index is 770. The first-order valence-corrected chi connectivity index (χ1v) is 10.2. The second-order valence-corrected chi connectivity index (χ2v) is 7.93. The van der Waals surface area contributed by atoms with Crippen LogP contribution in [0.1, 0.15) is 18.0 Å². The second kappa shape index (κ2) is 7.52. The first kappa shape index (κ1) is 19.7. The molecule has 0 spiro atoms. The summed E-state index contributed by atoms with van der Waals surface area (Å²) in [7, 11) is 4.38. The Kier molecular flexibility index (Phi) is 5.48. The molecule has 0 saturated carbocycles. The molecule has 2 heterocycles. The van der Waals surface area contributed by atoms with Gasteiger partial charge in [0.15, 0.2) is 0 Å². The van der Waals surface area contributed by atoms with Gasteiger partial charge in [0.2, 0.25) is 17.4 Å². The smallest absolute Gasteiger partial charge is 0.368 e. The van der Waals surface area contributed by atoms with Gasteiger partial charge in [0, 0.05) is 13.5 Å². The number of rotatable bonds is 6. The minimum absolute atomic E-state index is 0.257. The Morgan fingerprint density at radius 2 is 1.96 bits per heavy atom. The van der Waals surface area contributed by atoms with E-state index < -0.39 is 29.4 Å². The number of amides is 2. The van der Waals surface area contributed by atoms with Crippen LogP contribution in [0.2, 0.25) is 0 Å². The lowest BCUT2D eigenvalue weighted by molar-refractivity contribution is -0.734. The maximum atomic E-state index is 13.0. The van der Waals surface area contributed by atoms with Gasteiger partial charge in [0.1, 0.15) is 23.6 Å². The van der Waals surface area contributed by atoms with E-state index in [1.807, 2.05) is 35.8 Å². The zero-order valence-electron chi connectivity index (χ0n) is 15.9. The van der Waals surface area contributed by atoms with Gasteiger partial charge in [0.05, 0.1) is 19.8 Å². The van der Waals surface area contributed by atoms with E-state index in [1.54, 1.807) is 18.9 Å². The number of imide groups is 1. The molecule has 0 aliphatic carbocycles. The minimum atomic E-state index is -1.12. The van der Waals surface area contributed by atoms with Crippen LogP contribution in [0, 0.1) is 11.8 Å². The summed E-state index contributed by atoms with van der Waals surface area (Å²) in [5, 5.41) is 1.87. The molecule has 8 heteroatoms. The van der Waals surface area contributed by atoms with Gasteiger partial charge in [0.25, 0.3) is 0 Å². The Labute approximate surface area is 162 Å². The number of carbonyl (C=O) groups excluding carboxylic acids is 3. The van der Waals surface area contributed by atoms with Gasteiger partial charge in [-0.15, -0.1) is 0 Å². The SMILES string of the molecule is COC(=O)[C@]1(CCSC)[NH2+][C@@H](c2ccccc2OC)[C@@H]2C(=O)N(C)C(=O)[C@H]21. The predicted octanol–water partition coefficient (Wildman–Crippen LogP) is 0.209. The van der Waals surface area contributed by atoms with Crippen LogP contribution in [0.25, 0.3) is 0 Å². The molecule has 2 aliphatic rings. The number of nitrogens with zero attached hydrogens (tertiary/aromatic N) is 1. The predicted molar refractivity (Wildman–Crippen MR) is 100 cm³/mol. The average molecular weight is 393 g/mol. The van der Waals surface area contributed by atoms with Crippen LogP contribution in [0.5, 0.6) is 5.75 Å². The number of para-hydroxylation sites is 1. The van der Waals surface area contributed by atoms with Gasteiger partial charge < -0.3 is 14.8 Å². The molecule has 2 saturated heterocycles. The van der Waals surface area contributed by atoms with E-state index in [0.717, 1.165) is 10.5 Å². The van der Waals surface area contributed by atoms with Gasteiger partial charge in [-0.2, -0.15) is 11.8 Å². The Balaban J connectivity index is 2.16. The molecule has 27 heavy (non-hydrogen) atoms. The fraction of sp³-hybridized carbons (Fsp3) is 0.526. The van der Waals surface area contributed by atoms with Crippen LogP contribution in [0.3, 0.4) is 0 Å². The zero-order chi connectivity index (χ0) is 19.8. The Hall–Kier alpha value is -2.06. The number of methoxy groups -OCH3 is 2. The van der Waals surface area contributed by atoms with E-state index in [1.165, 1.54) is 14.2 Å². The summed E-state index contributed by atoms with van der Waals surface area (Å²) in [6.45, 7) is 0. The normalized spacial score (nSPS) is 29.8. The highest BCUT2D eigenvalue weighted by Crippen LogP contribution is 2.47. The molecule has 4 atom stereocenters. The van der Waals surface area contributed by atoms with Crippen molar-refractivity contribution in [3.8, 4) is 5.75 Å². The quantitative estimate of drug-likeness (QED) is 0.549. The van der Waals surface area contributed by atoms with Crippen LogP contribution in [0.15, 0.2) is 24.3 Å². The summed E-state index contributed by atoms with van der Waals surface area (Å²) in [5.74, 6) is -1.08. The van der Waals surface area contributed by atoms with Gasteiger partial charge >= 0.3 is 5.97 Å². The Morgan fingerprint density at radius 1 is 1.26 bits per heavy atom. The number of hydrogen-bond donors (Lipinski definition) is 1. The van der Waals surface area contributed by atoms with E-state index in [4.69, 9.17) is 9.47 Å². The van der Waals surface area contributed by atoms with Gasteiger partial charge in [-0.05, 0) is 24.1 Å². The number of thioether (sulfide) groups is 1. The van der Waals surface area contributed by atoms with Crippen molar-refractivity contribution in [2.75, 3.05) is 33.3 Å². The van der Waals surface area contributed by atoms with Gasteiger partial charge in [-0.1, -0.05) is 12.1 Å². The maximum absolute atomic E-state index is 13.0. The molecule has 1 aromatic rings. The van der Waals surface area contributed by atoms with Crippen LogP contribution >= 0.6 is 11.8 Å². The van der Waals surface area contributed by atoms with Crippen molar-refractivity contribution >= 4 is 29.5 Å². The molecule has 1 aromatic carbocycles. The molecule has 3 rings (SSSR count). The third-order valence-electron chi connectivity index (χ3n) is 5.77. The topological polar surface area (TPSA) is 89.5 Å². The highest BCUT2D eigenvalue weighted by molar-refractivity contribution is 7.98. The number of nitrogens with two attached hydrogens (primary N) is 1. The van der Waals surface area contributed by atoms with Crippen molar-refractivity contribution in [1.29, 1.82) is 0 Å².